The summed E-state index contributed by atoms with van der Waals surface area (Å²) in [7, 11) is 0. The third-order valence-electron chi connectivity index (χ3n) is 4.02. The van der Waals surface area contributed by atoms with Crippen molar-refractivity contribution >= 4 is 17.4 Å². The number of hydrogen-bond donors (Lipinski definition) is 1. The van der Waals surface area contributed by atoms with Gasteiger partial charge in [0.05, 0.1) is 0 Å². The first-order valence-corrected chi connectivity index (χ1v) is 8.82. The zero-order valence-electron chi connectivity index (χ0n) is 12.5. The van der Waals surface area contributed by atoms with E-state index in [2.05, 4.69) is 47.1 Å². The second-order valence-corrected chi connectivity index (χ2v) is 6.63. The first kappa shape index (κ1) is 15.7. The highest BCUT2D eigenvalue weighted by Gasteiger charge is 2.22. The highest BCUT2D eigenvalue weighted by atomic mass is 32.2. The highest BCUT2D eigenvalue weighted by molar-refractivity contribution is 7.99. The van der Waals surface area contributed by atoms with Gasteiger partial charge in [-0.1, -0.05) is 25.1 Å². The molecule has 4 heteroatoms. The number of para-hydroxylation sites is 1. The monoisotopic (exact) mass is 293 g/mol. The number of piperazine rings is 1. The van der Waals surface area contributed by atoms with E-state index in [0.717, 1.165) is 32.7 Å². The van der Waals surface area contributed by atoms with Crippen molar-refractivity contribution in [2.24, 2.45) is 5.73 Å². The largest absolute Gasteiger partial charge is 0.369 e. The molecule has 3 nitrogen and oxygen atoms in total. The molecule has 0 spiro atoms. The van der Waals surface area contributed by atoms with Crippen LogP contribution in [0.1, 0.15) is 13.3 Å². The van der Waals surface area contributed by atoms with E-state index in [0.29, 0.717) is 6.04 Å². The molecule has 0 aromatic heterocycles. The predicted octanol–water partition coefficient (Wildman–Crippen LogP) is 2.28. The Kier molecular flexibility index (Phi) is 6.70. The summed E-state index contributed by atoms with van der Waals surface area (Å²) in [6, 6.07) is 11.3. The van der Waals surface area contributed by atoms with Crippen molar-refractivity contribution in [1.29, 1.82) is 0 Å². The van der Waals surface area contributed by atoms with Gasteiger partial charge in [0.1, 0.15) is 0 Å². The molecule has 0 radical (unpaired) electrons. The highest BCUT2D eigenvalue weighted by Crippen LogP contribution is 2.18. The maximum absolute atomic E-state index is 5.97. The van der Waals surface area contributed by atoms with Crippen LogP contribution in [0, 0.1) is 0 Å². The lowest BCUT2D eigenvalue weighted by atomic mass is 10.1. The summed E-state index contributed by atoms with van der Waals surface area (Å²) in [4.78, 5) is 5.06. The number of hydrogen-bond acceptors (Lipinski definition) is 4. The van der Waals surface area contributed by atoms with Crippen molar-refractivity contribution in [1.82, 2.24) is 4.90 Å². The lowest BCUT2D eigenvalue weighted by Gasteiger charge is -2.40. The van der Waals surface area contributed by atoms with Gasteiger partial charge < -0.3 is 10.6 Å². The molecule has 0 saturated carbocycles. The average Bonchev–Trinajstić information content (AvgIpc) is 2.53. The second-order valence-electron chi connectivity index (χ2n) is 5.23. The SMILES string of the molecule is CCSCCC(CN)N1CCN(c2ccccc2)CC1. The van der Waals surface area contributed by atoms with Gasteiger partial charge in [0.2, 0.25) is 0 Å². The molecule has 1 aromatic rings. The third kappa shape index (κ3) is 4.40. The maximum atomic E-state index is 5.97. The van der Waals surface area contributed by atoms with Gasteiger partial charge in [0.15, 0.2) is 0 Å². The van der Waals surface area contributed by atoms with Gasteiger partial charge in [-0.25, -0.2) is 0 Å². The topological polar surface area (TPSA) is 32.5 Å². The number of rotatable bonds is 7. The summed E-state index contributed by atoms with van der Waals surface area (Å²) < 4.78 is 0. The molecular formula is C16H27N3S. The zero-order chi connectivity index (χ0) is 14.2. The Morgan fingerprint density at radius 3 is 2.45 bits per heavy atom. The van der Waals surface area contributed by atoms with Crippen LogP contribution in [0.25, 0.3) is 0 Å². The van der Waals surface area contributed by atoms with E-state index in [9.17, 15) is 0 Å². The molecule has 1 aromatic carbocycles. The maximum Gasteiger partial charge on any atom is 0.0367 e. The Bertz CT molecular complexity index is 363. The summed E-state index contributed by atoms with van der Waals surface area (Å²) in [5, 5.41) is 0. The fourth-order valence-electron chi connectivity index (χ4n) is 2.80. The minimum atomic E-state index is 0.562. The average molecular weight is 293 g/mol. The van der Waals surface area contributed by atoms with Crippen LogP contribution < -0.4 is 10.6 Å². The van der Waals surface area contributed by atoms with Crippen LogP contribution in [-0.4, -0.2) is 55.2 Å². The third-order valence-corrected chi connectivity index (χ3v) is 4.96. The molecule has 1 saturated heterocycles. The van der Waals surface area contributed by atoms with E-state index in [-0.39, 0.29) is 0 Å². The van der Waals surface area contributed by atoms with E-state index >= 15 is 0 Å². The van der Waals surface area contributed by atoms with Crippen LogP contribution in [0.5, 0.6) is 0 Å². The first-order chi connectivity index (χ1) is 9.85. The molecule has 1 heterocycles. The molecule has 112 valence electrons. The van der Waals surface area contributed by atoms with Crippen LogP contribution in [0.3, 0.4) is 0 Å². The van der Waals surface area contributed by atoms with E-state index in [1.165, 1.54) is 23.6 Å². The molecule has 0 bridgehead atoms. The molecule has 0 amide bonds. The van der Waals surface area contributed by atoms with E-state index in [4.69, 9.17) is 5.73 Å². The lowest BCUT2D eigenvalue weighted by molar-refractivity contribution is 0.185. The molecule has 1 unspecified atom stereocenters. The second kappa shape index (κ2) is 8.55. The molecule has 1 atom stereocenters. The normalized spacial score (nSPS) is 18.2. The van der Waals surface area contributed by atoms with E-state index in [1.807, 2.05) is 11.8 Å². The summed E-state index contributed by atoms with van der Waals surface area (Å²) in [5.74, 6) is 2.44. The van der Waals surface area contributed by atoms with E-state index < -0.39 is 0 Å². The van der Waals surface area contributed by atoms with Gasteiger partial charge in [-0.3, -0.25) is 4.90 Å². The number of anilines is 1. The summed E-state index contributed by atoms with van der Waals surface area (Å²) in [6.45, 7) is 7.50. The van der Waals surface area contributed by atoms with Crippen molar-refractivity contribution in [3.05, 3.63) is 30.3 Å². The van der Waals surface area contributed by atoms with Crippen LogP contribution in [0.15, 0.2) is 30.3 Å². The van der Waals surface area contributed by atoms with Crippen molar-refractivity contribution in [3.63, 3.8) is 0 Å². The standard InChI is InChI=1S/C16H27N3S/c1-2-20-13-8-16(14-17)19-11-9-18(10-12-19)15-6-4-3-5-7-15/h3-7,16H,2,8-14,17H2,1H3. The summed E-state index contributed by atoms with van der Waals surface area (Å²) in [5.41, 5.74) is 7.31. The van der Waals surface area contributed by atoms with Gasteiger partial charge in [-0.05, 0) is 30.1 Å². The molecule has 0 aliphatic carbocycles. The molecule has 20 heavy (non-hydrogen) atoms. The van der Waals surface area contributed by atoms with Gasteiger partial charge in [0.25, 0.3) is 0 Å². The summed E-state index contributed by atoms with van der Waals surface area (Å²) in [6.07, 6.45) is 1.22. The predicted molar refractivity (Wildman–Crippen MR) is 90.7 cm³/mol. The smallest absolute Gasteiger partial charge is 0.0367 e. The number of nitrogens with zero attached hydrogens (tertiary/aromatic N) is 2. The van der Waals surface area contributed by atoms with Crippen LogP contribution >= 0.6 is 11.8 Å². The number of benzene rings is 1. The van der Waals surface area contributed by atoms with Crippen molar-refractivity contribution < 1.29 is 0 Å². The van der Waals surface area contributed by atoms with Crippen molar-refractivity contribution in [2.45, 2.75) is 19.4 Å². The van der Waals surface area contributed by atoms with Crippen LogP contribution in [0.4, 0.5) is 5.69 Å². The number of thioether (sulfide) groups is 1. The van der Waals surface area contributed by atoms with Gasteiger partial charge >= 0.3 is 0 Å². The minimum absolute atomic E-state index is 0.562. The molecule has 2 N–H and O–H groups in total. The van der Waals surface area contributed by atoms with Crippen LogP contribution in [0.2, 0.25) is 0 Å². The quantitative estimate of drug-likeness (QED) is 0.782. The lowest BCUT2D eigenvalue weighted by Crippen LogP contribution is -2.52. The molecular weight excluding hydrogens is 266 g/mol. The van der Waals surface area contributed by atoms with Gasteiger partial charge in [-0.2, -0.15) is 11.8 Å². The van der Waals surface area contributed by atoms with Crippen molar-refractivity contribution in [2.75, 3.05) is 49.1 Å². The molecule has 1 aliphatic rings. The van der Waals surface area contributed by atoms with E-state index in [1.54, 1.807) is 0 Å². The molecule has 1 aliphatic heterocycles. The Labute approximate surface area is 127 Å². The minimum Gasteiger partial charge on any atom is -0.369 e. The Hall–Kier alpha value is -0.710. The Morgan fingerprint density at radius 2 is 1.85 bits per heavy atom. The Balaban J connectivity index is 1.80. The first-order valence-electron chi connectivity index (χ1n) is 7.67. The van der Waals surface area contributed by atoms with Crippen LogP contribution in [-0.2, 0) is 0 Å². The zero-order valence-corrected chi connectivity index (χ0v) is 13.3. The fraction of sp³-hybridized carbons (Fsp3) is 0.625. The van der Waals surface area contributed by atoms with Gasteiger partial charge in [0, 0.05) is 44.5 Å². The Morgan fingerprint density at radius 1 is 1.15 bits per heavy atom. The van der Waals surface area contributed by atoms with Crippen molar-refractivity contribution in [3.8, 4) is 0 Å². The summed E-state index contributed by atoms with van der Waals surface area (Å²) >= 11 is 2.02. The molecule has 2 rings (SSSR count). The fourth-order valence-corrected chi connectivity index (χ4v) is 3.52. The van der Waals surface area contributed by atoms with Gasteiger partial charge in [-0.15, -0.1) is 0 Å². The number of nitrogens with two attached hydrogens (primary N) is 1. The molecule has 1 fully saturated rings.